The number of carbonyl (C=O) groups excluding carboxylic acids is 3. The summed E-state index contributed by atoms with van der Waals surface area (Å²) in [6.07, 6.45) is -1.84. The maximum Gasteiger partial charge on any atom is 0.414 e. The minimum atomic E-state index is -0.776. The number of piperidine rings is 1. The Kier molecular flexibility index (Phi) is 5.12. The van der Waals surface area contributed by atoms with Crippen molar-refractivity contribution in [1.29, 1.82) is 0 Å². The lowest BCUT2D eigenvalue weighted by Crippen LogP contribution is -2.35. The number of methoxy groups -OCH3 is 1. The second kappa shape index (κ2) is 7.62. The lowest BCUT2D eigenvalue weighted by molar-refractivity contribution is -0.119. The van der Waals surface area contributed by atoms with E-state index in [1.807, 2.05) is 0 Å². The van der Waals surface area contributed by atoms with E-state index >= 15 is 0 Å². The maximum atomic E-state index is 14.8. The minimum absolute atomic E-state index is 0.0426. The molecule has 0 radical (unpaired) electrons. The Balaban J connectivity index is 1.42. The van der Waals surface area contributed by atoms with Crippen LogP contribution in [0.25, 0.3) is 0 Å². The molecule has 1 saturated carbocycles. The highest BCUT2D eigenvalue weighted by atomic mass is 19.1. The van der Waals surface area contributed by atoms with Crippen molar-refractivity contribution in [2.45, 2.75) is 19.1 Å². The van der Waals surface area contributed by atoms with E-state index in [2.05, 4.69) is 15.4 Å². The highest BCUT2D eigenvalue weighted by molar-refractivity contribution is 5.90. The van der Waals surface area contributed by atoms with Crippen LogP contribution >= 0.6 is 0 Å². The predicted molar refractivity (Wildman–Crippen MR) is 101 cm³/mol. The lowest BCUT2D eigenvalue weighted by Gasteiger charge is -2.24. The molecule has 9 nitrogen and oxygen atoms in total. The number of hydrogen-bond donors (Lipinski definition) is 2. The fraction of sp³-hybridized carbons (Fsp3) is 0.526. The van der Waals surface area contributed by atoms with Gasteiger partial charge in [-0.05, 0) is 0 Å². The van der Waals surface area contributed by atoms with Gasteiger partial charge in [-0.15, -0.1) is 0 Å². The van der Waals surface area contributed by atoms with Crippen molar-refractivity contribution in [3.63, 3.8) is 0 Å². The average Bonchev–Trinajstić information content (AvgIpc) is 3.03. The molecule has 2 aliphatic heterocycles. The van der Waals surface area contributed by atoms with Gasteiger partial charge in [-0.2, -0.15) is 0 Å². The highest BCUT2D eigenvalue weighted by Gasteiger charge is 2.57. The van der Waals surface area contributed by atoms with Crippen LogP contribution in [0.4, 0.5) is 29.7 Å². The summed E-state index contributed by atoms with van der Waals surface area (Å²) in [5, 5.41) is 5.26. The number of fused-ring (bicyclic) bond motifs is 1. The Morgan fingerprint density at radius 1 is 1.20 bits per heavy atom. The van der Waals surface area contributed by atoms with Crippen molar-refractivity contribution in [2.75, 3.05) is 43.1 Å². The number of alkyl carbamates (subject to hydrolysis) is 1. The second-order valence-electron chi connectivity index (χ2n) is 7.71. The van der Waals surface area contributed by atoms with E-state index in [-0.39, 0.29) is 48.2 Å². The molecule has 2 heterocycles. The number of anilines is 2. The van der Waals surface area contributed by atoms with E-state index < -0.39 is 29.9 Å². The van der Waals surface area contributed by atoms with Gasteiger partial charge in [0.05, 0.1) is 25.9 Å². The number of nitrogens with zero attached hydrogens (tertiary/aromatic N) is 2. The number of amides is 3. The number of halogens is 2. The molecule has 11 heteroatoms. The molecule has 1 aromatic rings. The minimum Gasteiger partial charge on any atom is -0.453 e. The van der Waals surface area contributed by atoms with Crippen LogP contribution in [0, 0.1) is 23.5 Å². The molecule has 3 amide bonds. The molecule has 2 N–H and O–H groups in total. The monoisotopic (exact) mass is 424 g/mol. The SMILES string of the molecule is COC(=O)NC1C2CN(c3c(F)cc(N4C[C@H](CNC(C)=O)OC4=O)cc3F)CC21. The summed E-state index contributed by atoms with van der Waals surface area (Å²) in [7, 11) is 1.28. The van der Waals surface area contributed by atoms with Crippen LogP contribution < -0.4 is 20.4 Å². The van der Waals surface area contributed by atoms with Crippen LogP contribution in [0.1, 0.15) is 6.92 Å². The van der Waals surface area contributed by atoms with Gasteiger partial charge in [0.2, 0.25) is 5.91 Å². The molecule has 30 heavy (non-hydrogen) atoms. The topological polar surface area (TPSA) is 100 Å². The number of carbonyl (C=O) groups is 3. The summed E-state index contributed by atoms with van der Waals surface area (Å²) in [5.74, 6) is -1.58. The zero-order chi connectivity index (χ0) is 21.6. The Labute approximate surface area is 171 Å². The Morgan fingerprint density at radius 2 is 1.83 bits per heavy atom. The molecular weight excluding hydrogens is 402 g/mol. The molecule has 0 aromatic heterocycles. The third-order valence-corrected chi connectivity index (χ3v) is 5.75. The van der Waals surface area contributed by atoms with Gasteiger partial charge < -0.3 is 25.0 Å². The van der Waals surface area contributed by atoms with Crippen molar-refractivity contribution in [2.24, 2.45) is 11.8 Å². The molecule has 3 fully saturated rings. The third kappa shape index (κ3) is 3.71. The zero-order valence-electron chi connectivity index (χ0n) is 16.5. The van der Waals surface area contributed by atoms with Gasteiger partial charge in [0, 0.05) is 50.0 Å². The van der Waals surface area contributed by atoms with E-state index in [0.717, 1.165) is 17.0 Å². The van der Waals surface area contributed by atoms with Gasteiger partial charge in [-0.25, -0.2) is 18.4 Å². The first-order chi connectivity index (χ1) is 14.3. The smallest absolute Gasteiger partial charge is 0.414 e. The fourth-order valence-corrected chi connectivity index (χ4v) is 4.22. The third-order valence-electron chi connectivity index (χ3n) is 5.75. The van der Waals surface area contributed by atoms with Crippen molar-refractivity contribution in [3.05, 3.63) is 23.8 Å². The zero-order valence-corrected chi connectivity index (χ0v) is 16.5. The van der Waals surface area contributed by atoms with Crippen LogP contribution in [-0.4, -0.2) is 63.5 Å². The van der Waals surface area contributed by atoms with Gasteiger partial charge in [-0.3, -0.25) is 9.69 Å². The summed E-state index contributed by atoms with van der Waals surface area (Å²) in [4.78, 5) is 37.1. The molecule has 2 saturated heterocycles. The predicted octanol–water partition coefficient (Wildman–Crippen LogP) is 1.22. The summed E-state index contributed by atoms with van der Waals surface area (Å²) in [5.41, 5.74) is -0.0937. The molecule has 1 aromatic carbocycles. The van der Waals surface area contributed by atoms with Crippen molar-refractivity contribution in [3.8, 4) is 0 Å². The average molecular weight is 424 g/mol. The number of rotatable bonds is 5. The van der Waals surface area contributed by atoms with Crippen molar-refractivity contribution >= 4 is 29.5 Å². The molecule has 0 spiro atoms. The molecular formula is C19H22F2N4O5. The van der Waals surface area contributed by atoms with Crippen LogP contribution in [0.5, 0.6) is 0 Å². The summed E-state index contributed by atoms with van der Waals surface area (Å²) < 4.78 is 39.3. The Morgan fingerprint density at radius 3 is 2.40 bits per heavy atom. The molecule has 4 rings (SSSR count). The first-order valence-electron chi connectivity index (χ1n) is 9.59. The van der Waals surface area contributed by atoms with Gasteiger partial charge in [0.25, 0.3) is 0 Å². The van der Waals surface area contributed by atoms with Crippen LogP contribution in [-0.2, 0) is 14.3 Å². The normalized spacial score (nSPS) is 26.9. The molecule has 0 bridgehead atoms. The van der Waals surface area contributed by atoms with Crippen LogP contribution in [0.3, 0.4) is 0 Å². The maximum absolute atomic E-state index is 14.8. The van der Waals surface area contributed by atoms with Crippen molar-refractivity contribution < 1.29 is 32.6 Å². The summed E-state index contributed by atoms with van der Waals surface area (Å²) in [6, 6.07) is 2.17. The quantitative estimate of drug-likeness (QED) is 0.737. The highest BCUT2D eigenvalue weighted by Crippen LogP contribution is 2.48. The van der Waals surface area contributed by atoms with Gasteiger partial charge in [0.15, 0.2) is 11.6 Å². The van der Waals surface area contributed by atoms with E-state index in [9.17, 15) is 23.2 Å². The van der Waals surface area contributed by atoms with Gasteiger partial charge >= 0.3 is 12.2 Å². The lowest BCUT2D eigenvalue weighted by atomic mass is 10.2. The van der Waals surface area contributed by atoms with Crippen LogP contribution in [0.2, 0.25) is 0 Å². The number of cyclic esters (lactones) is 1. The second-order valence-corrected chi connectivity index (χ2v) is 7.71. The van der Waals surface area contributed by atoms with E-state index in [4.69, 9.17) is 4.74 Å². The number of hydrogen-bond acceptors (Lipinski definition) is 6. The Bertz CT molecular complexity index is 863. The fourth-order valence-electron chi connectivity index (χ4n) is 4.22. The largest absolute Gasteiger partial charge is 0.453 e. The van der Waals surface area contributed by atoms with E-state index in [0.29, 0.717) is 13.1 Å². The van der Waals surface area contributed by atoms with Crippen LogP contribution in [0.15, 0.2) is 12.1 Å². The number of benzene rings is 1. The molecule has 1 aliphatic carbocycles. The Hall–Kier alpha value is -3.11. The van der Waals surface area contributed by atoms with Crippen molar-refractivity contribution in [1.82, 2.24) is 10.6 Å². The summed E-state index contributed by atoms with van der Waals surface area (Å²) >= 11 is 0. The molecule has 3 atom stereocenters. The van der Waals surface area contributed by atoms with Gasteiger partial charge in [0.1, 0.15) is 11.8 Å². The molecule has 162 valence electrons. The number of ether oxygens (including phenoxy) is 2. The molecule has 2 unspecified atom stereocenters. The van der Waals surface area contributed by atoms with E-state index in [1.165, 1.54) is 14.0 Å². The summed E-state index contributed by atoms with van der Waals surface area (Å²) in [6.45, 7) is 2.37. The standard InChI is InChI=1S/C19H22F2N4O5/c1-9(26)22-5-11-6-25(19(28)30-11)10-3-14(20)17(15(21)4-10)24-7-12-13(8-24)16(12)23-18(27)29-2/h3-4,11-13,16H,5-8H2,1-2H3,(H,22,26)(H,23,27)/t11-,12?,13?,16?/m0/s1. The molecule has 3 aliphatic rings. The van der Waals surface area contributed by atoms with E-state index in [1.54, 1.807) is 4.90 Å². The first kappa shape index (κ1) is 20.2. The van der Waals surface area contributed by atoms with Gasteiger partial charge in [-0.1, -0.05) is 0 Å². The first-order valence-corrected chi connectivity index (χ1v) is 9.59. The number of nitrogens with one attached hydrogen (secondary N) is 2.